The maximum atomic E-state index is 13.6. The maximum absolute atomic E-state index is 13.6. The van der Waals surface area contributed by atoms with Crippen molar-refractivity contribution in [3.63, 3.8) is 0 Å². The lowest BCUT2D eigenvalue weighted by molar-refractivity contribution is 0.000598. The number of hydrogen-bond donors (Lipinski definition) is 1. The van der Waals surface area contributed by atoms with Crippen LogP contribution in [0, 0.1) is 5.92 Å². The zero-order valence-corrected chi connectivity index (χ0v) is 16.3. The van der Waals surface area contributed by atoms with Crippen LogP contribution in [0.4, 0.5) is 23.2 Å². The van der Waals surface area contributed by atoms with Crippen LogP contribution >= 0.6 is 0 Å². The van der Waals surface area contributed by atoms with E-state index in [9.17, 15) is 17.6 Å². The molecule has 2 heterocycles. The van der Waals surface area contributed by atoms with Gasteiger partial charge in [0.2, 0.25) is 0 Å². The molecule has 2 rings (SSSR count). The first-order chi connectivity index (χ1) is 13.1. The summed E-state index contributed by atoms with van der Waals surface area (Å²) < 4.78 is 58.4. The summed E-state index contributed by atoms with van der Waals surface area (Å²) >= 11 is 0. The first kappa shape index (κ1) is 22.1. The van der Waals surface area contributed by atoms with Crippen LogP contribution in [0.5, 0.6) is 0 Å². The number of nitrogens with one attached hydrogen (secondary N) is 1. The summed E-state index contributed by atoms with van der Waals surface area (Å²) in [6, 6.07) is 5.62. The van der Waals surface area contributed by atoms with E-state index in [4.69, 9.17) is 4.74 Å². The number of ether oxygens (including phenoxy) is 1. The molecule has 2 aromatic heterocycles. The van der Waals surface area contributed by atoms with E-state index in [2.05, 4.69) is 29.1 Å². The van der Waals surface area contributed by atoms with Gasteiger partial charge in [0.1, 0.15) is 11.4 Å². The summed E-state index contributed by atoms with van der Waals surface area (Å²) in [5, 5.41) is 3.00. The molecule has 0 aromatic carbocycles. The smallest absolute Gasteiger partial charge is 0.282 e. The van der Waals surface area contributed by atoms with Gasteiger partial charge < -0.3 is 10.1 Å². The Morgan fingerprint density at radius 3 is 2.39 bits per heavy atom. The Morgan fingerprint density at radius 2 is 1.82 bits per heavy atom. The Kier molecular flexibility index (Phi) is 7.35. The summed E-state index contributed by atoms with van der Waals surface area (Å²) in [6.45, 7) is 6.35. The lowest BCUT2D eigenvalue weighted by Gasteiger charge is -2.31. The summed E-state index contributed by atoms with van der Waals surface area (Å²) in [4.78, 5) is 7.58. The SMILES string of the molecule is CO[C@](C)(CNc1ccc(-c2ccnc(C(F)F)c2)nc1C(F)F)CC(C)C. The third-order valence-corrected chi connectivity index (χ3v) is 4.42. The van der Waals surface area contributed by atoms with Crippen molar-refractivity contribution in [2.24, 2.45) is 5.92 Å². The molecule has 0 radical (unpaired) electrons. The van der Waals surface area contributed by atoms with E-state index in [-0.39, 0.29) is 11.4 Å². The van der Waals surface area contributed by atoms with Crippen molar-refractivity contribution in [2.75, 3.05) is 19.0 Å². The average molecular weight is 399 g/mol. The van der Waals surface area contributed by atoms with Gasteiger partial charge in [0.25, 0.3) is 12.9 Å². The molecular formula is C20H25F4N3O. The van der Waals surface area contributed by atoms with Gasteiger partial charge in [-0.1, -0.05) is 13.8 Å². The van der Waals surface area contributed by atoms with E-state index >= 15 is 0 Å². The molecule has 154 valence electrons. The van der Waals surface area contributed by atoms with Crippen molar-refractivity contribution in [1.29, 1.82) is 0 Å². The van der Waals surface area contributed by atoms with Gasteiger partial charge in [-0.05, 0) is 43.5 Å². The largest absolute Gasteiger partial charge is 0.381 e. The molecule has 0 aliphatic rings. The topological polar surface area (TPSA) is 47.0 Å². The zero-order valence-electron chi connectivity index (χ0n) is 16.3. The average Bonchev–Trinajstić information content (AvgIpc) is 2.65. The minimum atomic E-state index is -2.82. The van der Waals surface area contributed by atoms with Crippen LogP contribution in [-0.4, -0.2) is 29.2 Å². The molecule has 1 N–H and O–H groups in total. The predicted octanol–water partition coefficient (Wildman–Crippen LogP) is 5.88. The van der Waals surface area contributed by atoms with Gasteiger partial charge in [-0.2, -0.15) is 0 Å². The van der Waals surface area contributed by atoms with E-state index in [1.807, 2.05) is 6.92 Å². The molecular weight excluding hydrogens is 374 g/mol. The second kappa shape index (κ2) is 9.32. The fourth-order valence-electron chi connectivity index (χ4n) is 3.05. The predicted molar refractivity (Wildman–Crippen MR) is 101 cm³/mol. The number of halogens is 4. The fourth-order valence-corrected chi connectivity index (χ4v) is 3.05. The van der Waals surface area contributed by atoms with Crippen LogP contribution in [0.25, 0.3) is 11.3 Å². The van der Waals surface area contributed by atoms with Crippen molar-refractivity contribution in [3.05, 3.63) is 41.9 Å². The van der Waals surface area contributed by atoms with Gasteiger partial charge in [-0.3, -0.25) is 4.98 Å². The third kappa shape index (κ3) is 5.64. The van der Waals surface area contributed by atoms with E-state index in [1.165, 1.54) is 24.4 Å². The third-order valence-electron chi connectivity index (χ3n) is 4.42. The first-order valence-corrected chi connectivity index (χ1v) is 8.98. The van der Waals surface area contributed by atoms with Crippen LogP contribution in [0.2, 0.25) is 0 Å². The van der Waals surface area contributed by atoms with Crippen LogP contribution in [0.3, 0.4) is 0 Å². The standard InChI is InChI=1S/C20H25F4N3O/c1-12(2)10-20(3,28-4)11-26-15-6-5-14(27-17(15)19(23)24)13-7-8-25-16(9-13)18(21)22/h5-9,12,18-19,26H,10-11H2,1-4H3/t20-/m0/s1. The molecule has 0 spiro atoms. The quantitative estimate of drug-likeness (QED) is 0.535. The Balaban J connectivity index is 2.29. The van der Waals surface area contributed by atoms with E-state index in [0.717, 1.165) is 12.5 Å². The van der Waals surface area contributed by atoms with Gasteiger partial charge >= 0.3 is 0 Å². The lowest BCUT2D eigenvalue weighted by atomic mass is 9.94. The van der Waals surface area contributed by atoms with Gasteiger partial charge in [0.15, 0.2) is 0 Å². The Labute approximate surface area is 162 Å². The summed E-state index contributed by atoms with van der Waals surface area (Å²) in [5.41, 5.74) is -0.708. The van der Waals surface area contributed by atoms with Gasteiger partial charge in [0.05, 0.1) is 17.0 Å². The van der Waals surface area contributed by atoms with E-state index < -0.39 is 29.8 Å². The molecule has 0 aliphatic carbocycles. The highest BCUT2D eigenvalue weighted by Crippen LogP contribution is 2.31. The number of pyridine rings is 2. The number of aromatic nitrogens is 2. The van der Waals surface area contributed by atoms with Gasteiger partial charge in [-0.25, -0.2) is 22.5 Å². The highest BCUT2D eigenvalue weighted by atomic mass is 19.3. The summed E-state index contributed by atoms with van der Waals surface area (Å²) in [5.74, 6) is 0.373. The Hall–Kier alpha value is -2.22. The normalized spacial score (nSPS) is 14.0. The molecule has 0 bridgehead atoms. The number of methoxy groups -OCH3 is 1. The summed E-state index contributed by atoms with van der Waals surface area (Å²) in [6.07, 6.45) is -3.61. The highest BCUT2D eigenvalue weighted by Gasteiger charge is 2.26. The van der Waals surface area contributed by atoms with E-state index in [0.29, 0.717) is 18.0 Å². The lowest BCUT2D eigenvalue weighted by Crippen LogP contribution is -2.37. The second-order valence-electron chi connectivity index (χ2n) is 7.31. The molecule has 0 aliphatic heterocycles. The number of rotatable bonds is 9. The van der Waals surface area contributed by atoms with Crippen LogP contribution in [0.1, 0.15) is 51.4 Å². The number of hydrogen-bond acceptors (Lipinski definition) is 4. The Morgan fingerprint density at radius 1 is 1.11 bits per heavy atom. The number of anilines is 1. The van der Waals surface area contributed by atoms with Crippen LogP contribution < -0.4 is 5.32 Å². The molecule has 2 aromatic rings. The van der Waals surface area contributed by atoms with Gasteiger partial charge in [0, 0.05) is 25.4 Å². The van der Waals surface area contributed by atoms with E-state index in [1.54, 1.807) is 7.11 Å². The maximum Gasteiger partial charge on any atom is 0.282 e. The van der Waals surface area contributed by atoms with Crippen molar-refractivity contribution in [2.45, 2.75) is 45.6 Å². The molecule has 1 atom stereocenters. The molecule has 4 nitrogen and oxygen atoms in total. The molecule has 0 saturated carbocycles. The minimum Gasteiger partial charge on any atom is -0.381 e. The van der Waals surface area contributed by atoms with Crippen molar-refractivity contribution >= 4 is 5.69 Å². The monoisotopic (exact) mass is 399 g/mol. The molecule has 28 heavy (non-hydrogen) atoms. The zero-order chi connectivity index (χ0) is 20.9. The number of nitrogens with zero attached hydrogens (tertiary/aromatic N) is 2. The molecule has 0 unspecified atom stereocenters. The fraction of sp³-hybridized carbons (Fsp3) is 0.500. The van der Waals surface area contributed by atoms with Crippen molar-refractivity contribution in [1.82, 2.24) is 9.97 Å². The summed E-state index contributed by atoms with van der Waals surface area (Å²) in [7, 11) is 1.59. The van der Waals surface area contributed by atoms with Gasteiger partial charge in [-0.15, -0.1) is 0 Å². The minimum absolute atomic E-state index is 0.182. The van der Waals surface area contributed by atoms with Crippen LogP contribution in [-0.2, 0) is 4.74 Å². The molecule has 0 amide bonds. The van der Waals surface area contributed by atoms with Crippen molar-refractivity contribution < 1.29 is 22.3 Å². The molecule has 0 saturated heterocycles. The molecule has 8 heteroatoms. The Bertz CT molecular complexity index is 786. The number of alkyl halides is 4. The molecule has 0 fully saturated rings. The second-order valence-corrected chi connectivity index (χ2v) is 7.31. The first-order valence-electron chi connectivity index (χ1n) is 8.98. The highest BCUT2D eigenvalue weighted by molar-refractivity contribution is 5.63. The van der Waals surface area contributed by atoms with Crippen LogP contribution in [0.15, 0.2) is 30.5 Å². The van der Waals surface area contributed by atoms with Crippen molar-refractivity contribution in [3.8, 4) is 11.3 Å².